The normalized spacial score (nSPS) is 12.3. The monoisotopic (exact) mass is 373 g/mol. The average Bonchev–Trinajstić information content (AvgIpc) is 3.04. The Kier molecular flexibility index (Phi) is 4.96. The van der Waals surface area contributed by atoms with Crippen LogP contribution in [0, 0.1) is 13.8 Å². The highest BCUT2D eigenvalue weighted by Gasteiger charge is 2.19. The maximum atomic E-state index is 12.6. The predicted octanol–water partition coefficient (Wildman–Crippen LogP) is 3.73. The number of carbonyl (C=O) groups is 1. The maximum absolute atomic E-state index is 12.6. The van der Waals surface area contributed by atoms with E-state index in [1.54, 1.807) is 7.05 Å². The molecular formula is C18H19N3O2S2. The molecule has 0 aliphatic carbocycles. The zero-order valence-electron chi connectivity index (χ0n) is 14.5. The molecule has 1 aromatic carbocycles. The van der Waals surface area contributed by atoms with Crippen LogP contribution in [-0.4, -0.2) is 20.7 Å². The molecule has 3 rings (SSSR count). The number of aryl methyl sites for hydroxylation is 2. The van der Waals surface area contributed by atoms with Crippen LogP contribution >= 0.6 is 23.1 Å². The fraction of sp³-hybridized carbons (Fsp3) is 0.278. The molecule has 130 valence electrons. The Morgan fingerprint density at radius 3 is 2.64 bits per heavy atom. The number of anilines is 1. The number of thiophene rings is 1. The molecule has 0 radical (unpaired) electrons. The lowest BCUT2D eigenvalue weighted by atomic mass is 10.1. The molecule has 5 nitrogen and oxygen atoms in total. The standard InChI is InChI=1S/C18H19N3O2S2/c1-10-6-5-7-11(2)14(10)20-16(22)12(3)25-18-19-13-8-9-24-15(13)17(23)21(18)4/h5-9,12H,1-4H3,(H,20,22). The van der Waals surface area contributed by atoms with Gasteiger partial charge in [0.2, 0.25) is 5.91 Å². The summed E-state index contributed by atoms with van der Waals surface area (Å²) in [6, 6.07) is 7.73. The van der Waals surface area contributed by atoms with Crippen molar-refractivity contribution in [3.63, 3.8) is 0 Å². The minimum absolute atomic E-state index is 0.0788. The molecule has 0 saturated heterocycles. The van der Waals surface area contributed by atoms with Crippen LogP contribution in [0.1, 0.15) is 18.1 Å². The number of carbonyl (C=O) groups excluding carboxylic acids is 1. The van der Waals surface area contributed by atoms with Gasteiger partial charge in [-0.3, -0.25) is 14.2 Å². The van der Waals surface area contributed by atoms with Crippen molar-refractivity contribution in [3.05, 3.63) is 51.1 Å². The van der Waals surface area contributed by atoms with E-state index in [4.69, 9.17) is 0 Å². The lowest BCUT2D eigenvalue weighted by Crippen LogP contribution is -2.25. The fourth-order valence-electron chi connectivity index (χ4n) is 2.52. The first kappa shape index (κ1) is 17.7. The molecule has 0 aliphatic heterocycles. The van der Waals surface area contributed by atoms with Crippen LogP contribution in [0.15, 0.2) is 39.6 Å². The molecule has 0 aliphatic rings. The van der Waals surface area contributed by atoms with Gasteiger partial charge in [-0.25, -0.2) is 4.98 Å². The van der Waals surface area contributed by atoms with Gasteiger partial charge in [0.15, 0.2) is 5.16 Å². The smallest absolute Gasteiger partial charge is 0.271 e. The van der Waals surface area contributed by atoms with Gasteiger partial charge in [-0.05, 0) is 43.3 Å². The van der Waals surface area contributed by atoms with Gasteiger partial charge in [-0.15, -0.1) is 11.3 Å². The summed E-state index contributed by atoms with van der Waals surface area (Å²) < 4.78 is 2.14. The van der Waals surface area contributed by atoms with Crippen molar-refractivity contribution in [2.75, 3.05) is 5.32 Å². The second kappa shape index (κ2) is 7.01. The summed E-state index contributed by atoms with van der Waals surface area (Å²) in [6.45, 7) is 5.75. The summed E-state index contributed by atoms with van der Waals surface area (Å²) in [4.78, 5) is 29.5. The zero-order valence-corrected chi connectivity index (χ0v) is 16.1. The number of nitrogens with zero attached hydrogens (tertiary/aromatic N) is 2. The number of hydrogen-bond acceptors (Lipinski definition) is 5. The largest absolute Gasteiger partial charge is 0.325 e. The number of rotatable bonds is 4. The first-order valence-electron chi connectivity index (χ1n) is 7.86. The van der Waals surface area contributed by atoms with Gasteiger partial charge in [0, 0.05) is 12.7 Å². The Hall–Kier alpha value is -2.12. The summed E-state index contributed by atoms with van der Waals surface area (Å²) in [5.41, 5.74) is 3.49. The Balaban J connectivity index is 1.82. The lowest BCUT2D eigenvalue weighted by molar-refractivity contribution is -0.115. The second-order valence-electron chi connectivity index (χ2n) is 5.91. The van der Waals surface area contributed by atoms with Gasteiger partial charge in [-0.2, -0.15) is 0 Å². The number of para-hydroxylation sites is 1. The Bertz CT molecular complexity index is 987. The number of benzene rings is 1. The van der Waals surface area contributed by atoms with Crippen LogP contribution < -0.4 is 10.9 Å². The summed E-state index contributed by atoms with van der Waals surface area (Å²) in [5.74, 6) is -0.109. The van der Waals surface area contributed by atoms with E-state index in [0.29, 0.717) is 15.4 Å². The van der Waals surface area contributed by atoms with Crippen molar-refractivity contribution in [3.8, 4) is 0 Å². The summed E-state index contributed by atoms with van der Waals surface area (Å²) in [7, 11) is 1.69. The van der Waals surface area contributed by atoms with Crippen LogP contribution in [0.4, 0.5) is 5.69 Å². The third-order valence-corrected chi connectivity index (χ3v) is 6.06. The topological polar surface area (TPSA) is 64.0 Å². The van der Waals surface area contributed by atoms with Crippen LogP contribution in [-0.2, 0) is 11.8 Å². The van der Waals surface area contributed by atoms with Gasteiger partial charge in [0.1, 0.15) is 4.70 Å². The second-order valence-corrected chi connectivity index (χ2v) is 8.13. The van der Waals surface area contributed by atoms with Crippen LogP contribution in [0.3, 0.4) is 0 Å². The highest BCUT2D eigenvalue weighted by Crippen LogP contribution is 2.26. The number of aromatic nitrogens is 2. The molecule has 0 fully saturated rings. The average molecular weight is 374 g/mol. The lowest BCUT2D eigenvalue weighted by Gasteiger charge is -2.16. The predicted molar refractivity (Wildman–Crippen MR) is 105 cm³/mol. The number of hydrogen-bond donors (Lipinski definition) is 1. The molecule has 7 heteroatoms. The fourth-order valence-corrected chi connectivity index (χ4v) is 4.20. The quantitative estimate of drug-likeness (QED) is 0.559. The highest BCUT2D eigenvalue weighted by molar-refractivity contribution is 8.00. The number of amides is 1. The van der Waals surface area contributed by atoms with Crippen molar-refractivity contribution in [1.82, 2.24) is 9.55 Å². The van der Waals surface area contributed by atoms with Gasteiger partial charge >= 0.3 is 0 Å². The minimum Gasteiger partial charge on any atom is -0.325 e. The van der Waals surface area contributed by atoms with Gasteiger partial charge < -0.3 is 5.32 Å². The van der Waals surface area contributed by atoms with E-state index in [1.165, 1.54) is 27.7 Å². The highest BCUT2D eigenvalue weighted by atomic mass is 32.2. The molecule has 0 bridgehead atoms. The maximum Gasteiger partial charge on any atom is 0.271 e. The van der Waals surface area contributed by atoms with E-state index in [-0.39, 0.29) is 16.7 Å². The van der Waals surface area contributed by atoms with E-state index in [0.717, 1.165) is 16.8 Å². The molecule has 3 aromatic rings. The van der Waals surface area contributed by atoms with Crippen molar-refractivity contribution < 1.29 is 4.79 Å². The Morgan fingerprint density at radius 1 is 1.28 bits per heavy atom. The third kappa shape index (κ3) is 3.48. The number of thioether (sulfide) groups is 1. The molecule has 1 amide bonds. The summed E-state index contributed by atoms with van der Waals surface area (Å²) >= 11 is 2.67. The van der Waals surface area contributed by atoms with Crippen molar-refractivity contribution in [2.45, 2.75) is 31.2 Å². The summed E-state index contributed by atoms with van der Waals surface area (Å²) in [5, 5.41) is 5.00. The molecular weight excluding hydrogens is 354 g/mol. The van der Waals surface area contributed by atoms with Crippen LogP contribution in [0.5, 0.6) is 0 Å². The van der Waals surface area contributed by atoms with E-state index in [2.05, 4.69) is 10.3 Å². The number of fused-ring (bicyclic) bond motifs is 1. The van der Waals surface area contributed by atoms with E-state index >= 15 is 0 Å². The third-order valence-electron chi connectivity index (χ3n) is 4.03. The van der Waals surface area contributed by atoms with Crippen molar-refractivity contribution in [1.29, 1.82) is 0 Å². The molecule has 1 unspecified atom stereocenters. The zero-order chi connectivity index (χ0) is 18.1. The van der Waals surface area contributed by atoms with E-state index in [9.17, 15) is 9.59 Å². The Morgan fingerprint density at radius 2 is 1.96 bits per heavy atom. The van der Waals surface area contributed by atoms with E-state index < -0.39 is 0 Å². The van der Waals surface area contributed by atoms with Gasteiger partial charge in [0.05, 0.1) is 10.8 Å². The van der Waals surface area contributed by atoms with Gasteiger partial charge in [-0.1, -0.05) is 30.0 Å². The van der Waals surface area contributed by atoms with E-state index in [1.807, 2.05) is 50.4 Å². The van der Waals surface area contributed by atoms with Crippen LogP contribution in [0.25, 0.3) is 10.2 Å². The molecule has 25 heavy (non-hydrogen) atoms. The van der Waals surface area contributed by atoms with Crippen molar-refractivity contribution >= 4 is 44.9 Å². The minimum atomic E-state index is -0.381. The molecule has 2 aromatic heterocycles. The molecule has 0 spiro atoms. The number of nitrogens with one attached hydrogen (secondary N) is 1. The first-order chi connectivity index (χ1) is 11.9. The molecule has 1 atom stereocenters. The van der Waals surface area contributed by atoms with Gasteiger partial charge in [0.25, 0.3) is 5.56 Å². The Labute approximate surface area is 154 Å². The molecule has 2 heterocycles. The SMILES string of the molecule is Cc1cccc(C)c1NC(=O)C(C)Sc1nc2ccsc2c(=O)n1C. The first-order valence-corrected chi connectivity index (χ1v) is 9.62. The van der Waals surface area contributed by atoms with Crippen molar-refractivity contribution in [2.24, 2.45) is 7.05 Å². The molecule has 1 N–H and O–H groups in total. The van der Waals surface area contributed by atoms with Crippen LogP contribution in [0.2, 0.25) is 0 Å². The molecule has 0 saturated carbocycles. The summed E-state index contributed by atoms with van der Waals surface area (Å²) in [6.07, 6.45) is 0.